The minimum atomic E-state index is -0.238. The Balaban J connectivity index is 1.80. The van der Waals surface area contributed by atoms with Crippen molar-refractivity contribution in [2.24, 2.45) is 0 Å². The molecule has 21 heavy (non-hydrogen) atoms. The highest BCUT2D eigenvalue weighted by Gasteiger charge is 2.48. The predicted octanol–water partition coefficient (Wildman–Crippen LogP) is 4.92. The molecule has 1 aromatic rings. The molecule has 1 heterocycles. The molecule has 1 saturated heterocycles. The van der Waals surface area contributed by atoms with E-state index in [9.17, 15) is 4.79 Å². The highest BCUT2D eigenvalue weighted by molar-refractivity contribution is 9.11. The number of fused-ring (bicyclic) bond motifs is 3. The van der Waals surface area contributed by atoms with Crippen LogP contribution < -0.4 is 0 Å². The van der Waals surface area contributed by atoms with Gasteiger partial charge >= 0.3 is 6.09 Å². The summed E-state index contributed by atoms with van der Waals surface area (Å²) in [6.45, 7) is 2.19. The third kappa shape index (κ3) is 2.73. The Kier molecular flexibility index (Phi) is 4.34. The van der Waals surface area contributed by atoms with E-state index in [1.807, 2.05) is 12.1 Å². The standard InChI is InChI=1S/C17H20BrNO2/c1-2-3-4-5-10-15(18)19-16-13-9-7-6-8-12(13)11-14(16)21-17(19)20/h6-10,14,16H,2-5,11H2,1H3/b15-10+/t14-,16+/m1/s1. The van der Waals surface area contributed by atoms with Crippen molar-refractivity contribution in [1.82, 2.24) is 4.90 Å². The fraction of sp³-hybridized carbons (Fsp3) is 0.471. The molecule has 1 aromatic carbocycles. The predicted molar refractivity (Wildman–Crippen MR) is 86.1 cm³/mol. The topological polar surface area (TPSA) is 29.5 Å². The van der Waals surface area contributed by atoms with Crippen molar-refractivity contribution in [2.45, 2.75) is 51.2 Å². The van der Waals surface area contributed by atoms with Gasteiger partial charge in [-0.2, -0.15) is 0 Å². The zero-order chi connectivity index (χ0) is 14.8. The summed E-state index contributed by atoms with van der Waals surface area (Å²) in [5, 5.41) is 0. The molecule has 2 aliphatic rings. The van der Waals surface area contributed by atoms with Crippen molar-refractivity contribution in [3.8, 4) is 0 Å². The molecular formula is C17H20BrNO2. The van der Waals surface area contributed by atoms with E-state index in [4.69, 9.17) is 4.74 Å². The lowest BCUT2D eigenvalue weighted by Gasteiger charge is -2.21. The molecule has 0 radical (unpaired) electrons. The van der Waals surface area contributed by atoms with Gasteiger partial charge in [-0.25, -0.2) is 4.79 Å². The highest BCUT2D eigenvalue weighted by Crippen LogP contribution is 2.45. The van der Waals surface area contributed by atoms with Gasteiger partial charge in [0.25, 0.3) is 0 Å². The fourth-order valence-corrected chi connectivity index (χ4v) is 3.78. The Labute approximate surface area is 134 Å². The molecule has 0 unspecified atom stereocenters. The number of nitrogens with zero attached hydrogens (tertiary/aromatic N) is 1. The number of carbonyl (C=O) groups is 1. The third-order valence-electron chi connectivity index (χ3n) is 4.22. The molecule has 1 amide bonds. The quantitative estimate of drug-likeness (QED) is 0.557. The Morgan fingerprint density at radius 3 is 3.05 bits per heavy atom. The summed E-state index contributed by atoms with van der Waals surface area (Å²) in [6, 6.07) is 8.32. The SMILES string of the molecule is CCCCC/C=C(\Br)N1C(=O)O[C@@H]2Cc3ccccc3[C@@H]21. The van der Waals surface area contributed by atoms with Gasteiger partial charge in [0.1, 0.15) is 12.1 Å². The molecule has 0 bridgehead atoms. The normalized spacial score (nSPS) is 24.0. The van der Waals surface area contributed by atoms with Gasteiger partial charge in [0, 0.05) is 6.42 Å². The van der Waals surface area contributed by atoms with E-state index >= 15 is 0 Å². The van der Waals surface area contributed by atoms with Crippen LogP contribution in [0.15, 0.2) is 34.9 Å². The van der Waals surface area contributed by atoms with Crippen molar-refractivity contribution in [3.63, 3.8) is 0 Å². The van der Waals surface area contributed by atoms with E-state index < -0.39 is 0 Å². The molecular weight excluding hydrogens is 330 g/mol. The minimum absolute atomic E-state index is 0.0190. The molecule has 3 rings (SSSR count). The molecule has 3 nitrogen and oxygen atoms in total. The average Bonchev–Trinajstić information content (AvgIpc) is 2.97. The number of amides is 1. The van der Waals surface area contributed by atoms with Crippen LogP contribution in [0.25, 0.3) is 0 Å². The number of unbranched alkanes of at least 4 members (excludes halogenated alkanes) is 3. The van der Waals surface area contributed by atoms with Crippen LogP contribution in [0.2, 0.25) is 0 Å². The van der Waals surface area contributed by atoms with Crippen LogP contribution in [0.3, 0.4) is 0 Å². The summed E-state index contributed by atoms with van der Waals surface area (Å²) in [5.74, 6) is 0. The summed E-state index contributed by atoms with van der Waals surface area (Å²) in [6.07, 6.45) is 7.19. The van der Waals surface area contributed by atoms with E-state index in [1.54, 1.807) is 4.90 Å². The number of allylic oxidation sites excluding steroid dienone is 1. The maximum Gasteiger partial charge on any atom is 0.415 e. The van der Waals surface area contributed by atoms with Gasteiger partial charge in [-0.1, -0.05) is 50.1 Å². The first kappa shape index (κ1) is 14.6. The first-order chi connectivity index (χ1) is 10.2. The van der Waals surface area contributed by atoms with Gasteiger partial charge in [0.15, 0.2) is 0 Å². The van der Waals surface area contributed by atoms with Crippen molar-refractivity contribution >= 4 is 22.0 Å². The van der Waals surface area contributed by atoms with Gasteiger partial charge < -0.3 is 4.74 Å². The smallest absolute Gasteiger partial charge is 0.415 e. The molecule has 4 heteroatoms. The summed E-state index contributed by atoms with van der Waals surface area (Å²) in [7, 11) is 0. The number of carbonyl (C=O) groups excluding carboxylic acids is 1. The second kappa shape index (κ2) is 6.22. The fourth-order valence-electron chi connectivity index (χ4n) is 3.18. The van der Waals surface area contributed by atoms with Gasteiger partial charge in [0.05, 0.1) is 4.61 Å². The van der Waals surface area contributed by atoms with Crippen LogP contribution in [0, 0.1) is 0 Å². The zero-order valence-corrected chi connectivity index (χ0v) is 13.8. The van der Waals surface area contributed by atoms with E-state index in [0.717, 1.165) is 23.9 Å². The van der Waals surface area contributed by atoms with Gasteiger partial charge in [-0.15, -0.1) is 0 Å². The first-order valence-corrected chi connectivity index (χ1v) is 8.45. The molecule has 2 atom stereocenters. The number of ether oxygens (including phenoxy) is 1. The van der Waals surface area contributed by atoms with E-state index in [0.29, 0.717) is 0 Å². The summed E-state index contributed by atoms with van der Waals surface area (Å²) >= 11 is 3.57. The molecule has 0 N–H and O–H groups in total. The Bertz CT molecular complexity index is 570. The minimum Gasteiger partial charge on any atom is -0.443 e. The molecule has 112 valence electrons. The van der Waals surface area contributed by atoms with E-state index in [1.165, 1.54) is 24.0 Å². The number of hydrogen-bond acceptors (Lipinski definition) is 2. The maximum atomic E-state index is 12.2. The largest absolute Gasteiger partial charge is 0.443 e. The van der Waals surface area contributed by atoms with E-state index in [2.05, 4.69) is 41.1 Å². The lowest BCUT2D eigenvalue weighted by Crippen LogP contribution is -2.25. The van der Waals surface area contributed by atoms with Crippen LogP contribution in [-0.2, 0) is 11.2 Å². The summed E-state index contributed by atoms with van der Waals surface area (Å²) in [5.41, 5.74) is 2.50. The number of benzene rings is 1. The van der Waals surface area contributed by atoms with Crippen molar-refractivity contribution in [2.75, 3.05) is 0 Å². The molecule has 0 saturated carbocycles. The number of hydrogen-bond donors (Lipinski definition) is 0. The maximum absolute atomic E-state index is 12.2. The lowest BCUT2D eigenvalue weighted by atomic mass is 10.1. The van der Waals surface area contributed by atoms with Crippen LogP contribution in [-0.4, -0.2) is 17.1 Å². The second-order valence-electron chi connectivity index (χ2n) is 5.66. The Hall–Kier alpha value is -1.29. The van der Waals surface area contributed by atoms with Crippen molar-refractivity contribution < 1.29 is 9.53 Å². The molecule has 0 aromatic heterocycles. The van der Waals surface area contributed by atoms with Gasteiger partial charge in [-0.3, -0.25) is 4.90 Å². The average molecular weight is 350 g/mol. The van der Waals surface area contributed by atoms with Crippen LogP contribution in [0.4, 0.5) is 4.79 Å². The molecule has 0 spiro atoms. The number of rotatable bonds is 5. The Morgan fingerprint density at radius 1 is 1.43 bits per heavy atom. The Morgan fingerprint density at radius 2 is 2.24 bits per heavy atom. The van der Waals surface area contributed by atoms with Crippen LogP contribution >= 0.6 is 15.9 Å². The summed E-state index contributed by atoms with van der Waals surface area (Å²) < 4.78 is 6.39. The molecule has 1 aliphatic heterocycles. The van der Waals surface area contributed by atoms with Crippen molar-refractivity contribution in [3.05, 3.63) is 46.1 Å². The second-order valence-corrected chi connectivity index (χ2v) is 6.48. The number of halogens is 1. The van der Waals surface area contributed by atoms with Crippen molar-refractivity contribution in [1.29, 1.82) is 0 Å². The molecule has 1 fully saturated rings. The zero-order valence-electron chi connectivity index (χ0n) is 12.2. The highest BCUT2D eigenvalue weighted by atomic mass is 79.9. The van der Waals surface area contributed by atoms with Gasteiger partial charge in [0.2, 0.25) is 0 Å². The molecule has 1 aliphatic carbocycles. The van der Waals surface area contributed by atoms with Crippen LogP contribution in [0.5, 0.6) is 0 Å². The first-order valence-electron chi connectivity index (χ1n) is 7.65. The monoisotopic (exact) mass is 349 g/mol. The van der Waals surface area contributed by atoms with E-state index in [-0.39, 0.29) is 18.2 Å². The lowest BCUT2D eigenvalue weighted by molar-refractivity contribution is 0.134. The summed E-state index contributed by atoms with van der Waals surface area (Å²) in [4.78, 5) is 13.9. The van der Waals surface area contributed by atoms with Gasteiger partial charge in [-0.05, 0) is 39.9 Å². The third-order valence-corrected chi connectivity index (χ3v) is 4.93. The van der Waals surface area contributed by atoms with Crippen LogP contribution in [0.1, 0.15) is 49.8 Å².